The summed E-state index contributed by atoms with van der Waals surface area (Å²) in [6, 6.07) is 0. The molecule has 0 saturated heterocycles. The van der Waals surface area contributed by atoms with Crippen molar-refractivity contribution in [3.05, 3.63) is 12.7 Å². The van der Waals surface area contributed by atoms with E-state index in [4.69, 9.17) is 5.84 Å². The summed E-state index contributed by atoms with van der Waals surface area (Å²) in [5.41, 5.74) is -0.588. The second-order valence-corrected chi connectivity index (χ2v) is 5.66. The second-order valence-electron chi connectivity index (χ2n) is 5.66. The van der Waals surface area contributed by atoms with Crippen LogP contribution in [0.25, 0.3) is 0 Å². The molecule has 0 aliphatic heterocycles. The van der Waals surface area contributed by atoms with Gasteiger partial charge in [0.15, 0.2) is 0 Å². The molecule has 2 rings (SSSR count). The summed E-state index contributed by atoms with van der Waals surface area (Å²) in [5, 5.41) is 0.690. The number of imide groups is 1. The molecular weight excluding hydrogens is 216 g/mol. The van der Waals surface area contributed by atoms with Crippen molar-refractivity contribution < 1.29 is 9.59 Å². The highest BCUT2D eigenvalue weighted by Gasteiger charge is 2.59. The van der Waals surface area contributed by atoms with Crippen LogP contribution in [0, 0.1) is 29.1 Å². The molecule has 0 spiro atoms. The third-order valence-corrected chi connectivity index (χ3v) is 4.87. The molecule has 2 amide bonds. The fourth-order valence-corrected chi connectivity index (χ4v) is 3.55. The molecule has 2 aliphatic rings. The first-order chi connectivity index (χ1) is 7.96. The molecule has 0 aromatic heterocycles. The van der Waals surface area contributed by atoms with Gasteiger partial charge in [-0.15, -0.1) is 6.58 Å². The number of nitrogens with zero attached hydrogens (tertiary/aromatic N) is 1. The van der Waals surface area contributed by atoms with Crippen molar-refractivity contribution in [2.45, 2.75) is 26.7 Å². The molecule has 4 nitrogen and oxygen atoms in total. The van der Waals surface area contributed by atoms with Gasteiger partial charge in [0, 0.05) is 0 Å². The summed E-state index contributed by atoms with van der Waals surface area (Å²) in [6.07, 6.45) is 4.48. The van der Waals surface area contributed by atoms with E-state index in [1.165, 1.54) is 6.42 Å². The first kappa shape index (κ1) is 12.3. The van der Waals surface area contributed by atoms with E-state index in [0.29, 0.717) is 17.3 Å². The molecule has 5 atom stereocenters. The molecule has 0 bridgehead atoms. The number of nitrogens with two attached hydrogens (primary N) is 1. The largest absolute Gasteiger partial charge is 0.277 e. The van der Waals surface area contributed by atoms with E-state index in [0.717, 1.165) is 12.3 Å². The molecule has 2 fully saturated rings. The van der Waals surface area contributed by atoms with Crippen LogP contribution in [0.15, 0.2) is 12.7 Å². The normalized spacial score (nSPS) is 43.5. The molecule has 17 heavy (non-hydrogen) atoms. The SMILES string of the molecule is C=CC1C2CC2CC(C)C1(C)C(=O)N(N)C=O. The molecule has 94 valence electrons. The minimum atomic E-state index is -0.588. The Balaban J connectivity index is 2.33. The highest BCUT2D eigenvalue weighted by Crippen LogP contribution is 2.62. The van der Waals surface area contributed by atoms with Crippen molar-refractivity contribution in [2.75, 3.05) is 0 Å². The van der Waals surface area contributed by atoms with Gasteiger partial charge in [-0.05, 0) is 43.4 Å². The maximum Gasteiger partial charge on any atom is 0.250 e. The van der Waals surface area contributed by atoms with E-state index in [-0.39, 0.29) is 17.7 Å². The standard InChI is InChI=1S/C13H20N2O2/c1-4-11-10-6-9(10)5-8(2)13(11,3)12(17)15(14)7-16/h4,7-11H,1,5-6,14H2,2-3H3. The number of hydrogen-bond acceptors (Lipinski definition) is 3. The van der Waals surface area contributed by atoms with Crippen LogP contribution in [-0.2, 0) is 9.59 Å². The predicted molar refractivity (Wildman–Crippen MR) is 64.3 cm³/mol. The Kier molecular flexibility index (Phi) is 2.86. The summed E-state index contributed by atoms with van der Waals surface area (Å²) in [7, 11) is 0. The molecule has 0 aromatic rings. The van der Waals surface area contributed by atoms with E-state index in [1.54, 1.807) is 0 Å². The lowest BCUT2D eigenvalue weighted by molar-refractivity contribution is -0.153. The van der Waals surface area contributed by atoms with E-state index in [2.05, 4.69) is 13.5 Å². The van der Waals surface area contributed by atoms with Gasteiger partial charge in [0.2, 0.25) is 12.3 Å². The fraction of sp³-hybridized carbons (Fsp3) is 0.692. The lowest BCUT2D eigenvalue weighted by Crippen LogP contribution is -2.53. The molecule has 0 radical (unpaired) electrons. The zero-order valence-electron chi connectivity index (χ0n) is 10.4. The number of allylic oxidation sites excluding steroid dienone is 1. The third-order valence-electron chi connectivity index (χ3n) is 4.87. The highest BCUT2D eigenvalue weighted by molar-refractivity contribution is 5.90. The zero-order valence-corrected chi connectivity index (χ0v) is 10.4. The van der Waals surface area contributed by atoms with Crippen molar-refractivity contribution >= 4 is 12.3 Å². The monoisotopic (exact) mass is 236 g/mol. The molecule has 2 aliphatic carbocycles. The van der Waals surface area contributed by atoms with Gasteiger partial charge >= 0.3 is 0 Å². The fourth-order valence-electron chi connectivity index (χ4n) is 3.55. The van der Waals surface area contributed by atoms with Crippen LogP contribution in [0.2, 0.25) is 0 Å². The molecule has 5 unspecified atom stereocenters. The van der Waals surface area contributed by atoms with Crippen LogP contribution >= 0.6 is 0 Å². The van der Waals surface area contributed by atoms with Gasteiger partial charge in [-0.1, -0.05) is 13.0 Å². The minimum absolute atomic E-state index is 0.134. The van der Waals surface area contributed by atoms with Crippen LogP contribution < -0.4 is 5.84 Å². The molecule has 2 saturated carbocycles. The van der Waals surface area contributed by atoms with E-state index < -0.39 is 5.41 Å². The average molecular weight is 236 g/mol. The Morgan fingerprint density at radius 3 is 2.71 bits per heavy atom. The first-order valence-corrected chi connectivity index (χ1v) is 6.13. The van der Waals surface area contributed by atoms with Crippen molar-refractivity contribution in [1.82, 2.24) is 5.01 Å². The van der Waals surface area contributed by atoms with Crippen molar-refractivity contribution in [1.29, 1.82) is 0 Å². The zero-order chi connectivity index (χ0) is 12.8. The maximum absolute atomic E-state index is 12.3. The number of amides is 2. The van der Waals surface area contributed by atoms with Gasteiger partial charge in [-0.2, -0.15) is 0 Å². The number of carbonyl (C=O) groups excluding carboxylic acids is 2. The Morgan fingerprint density at radius 2 is 2.18 bits per heavy atom. The average Bonchev–Trinajstić information content (AvgIpc) is 3.06. The van der Waals surface area contributed by atoms with Gasteiger partial charge in [-0.25, -0.2) is 10.9 Å². The van der Waals surface area contributed by atoms with Crippen LogP contribution in [0.3, 0.4) is 0 Å². The highest BCUT2D eigenvalue weighted by atomic mass is 16.2. The molecule has 2 N–H and O–H groups in total. The number of hydrazine groups is 1. The topological polar surface area (TPSA) is 63.4 Å². The summed E-state index contributed by atoms with van der Waals surface area (Å²) in [5.74, 6) is 6.82. The van der Waals surface area contributed by atoms with Crippen molar-refractivity contribution in [3.63, 3.8) is 0 Å². The van der Waals surface area contributed by atoms with Crippen LogP contribution in [0.1, 0.15) is 26.7 Å². The van der Waals surface area contributed by atoms with Crippen LogP contribution in [0.4, 0.5) is 0 Å². The third kappa shape index (κ3) is 1.62. The quantitative estimate of drug-likeness (QED) is 0.264. The Bertz CT molecular complexity index is 368. The van der Waals surface area contributed by atoms with Gasteiger partial charge in [-0.3, -0.25) is 9.59 Å². The maximum atomic E-state index is 12.3. The van der Waals surface area contributed by atoms with E-state index in [1.807, 2.05) is 13.0 Å². The Labute approximate surface area is 102 Å². The number of hydrogen-bond donors (Lipinski definition) is 1. The van der Waals surface area contributed by atoms with Gasteiger partial charge in [0.25, 0.3) is 0 Å². The van der Waals surface area contributed by atoms with Crippen molar-refractivity contribution in [2.24, 2.45) is 34.9 Å². The van der Waals surface area contributed by atoms with E-state index in [9.17, 15) is 9.59 Å². The molecule has 0 aromatic carbocycles. The summed E-state index contributed by atoms with van der Waals surface area (Å²) in [6.45, 7) is 7.85. The minimum Gasteiger partial charge on any atom is -0.277 e. The lowest BCUT2D eigenvalue weighted by atomic mass is 9.61. The van der Waals surface area contributed by atoms with Gasteiger partial charge in [0.05, 0.1) is 5.41 Å². The van der Waals surface area contributed by atoms with Crippen LogP contribution in [-0.4, -0.2) is 17.3 Å². The van der Waals surface area contributed by atoms with Crippen molar-refractivity contribution in [3.8, 4) is 0 Å². The Morgan fingerprint density at radius 1 is 1.53 bits per heavy atom. The summed E-state index contributed by atoms with van der Waals surface area (Å²) in [4.78, 5) is 23.0. The summed E-state index contributed by atoms with van der Waals surface area (Å²) < 4.78 is 0. The Hall–Kier alpha value is -1.16. The number of carbonyl (C=O) groups is 2. The molecular formula is C13H20N2O2. The smallest absolute Gasteiger partial charge is 0.250 e. The lowest BCUT2D eigenvalue weighted by Gasteiger charge is -2.44. The van der Waals surface area contributed by atoms with Gasteiger partial charge in [0.1, 0.15) is 0 Å². The predicted octanol–water partition coefficient (Wildman–Crippen LogP) is 1.33. The molecule has 0 heterocycles. The number of rotatable bonds is 3. The van der Waals surface area contributed by atoms with Crippen LogP contribution in [0.5, 0.6) is 0 Å². The van der Waals surface area contributed by atoms with Gasteiger partial charge < -0.3 is 0 Å². The first-order valence-electron chi connectivity index (χ1n) is 6.13. The molecule has 4 heteroatoms. The van der Waals surface area contributed by atoms with E-state index >= 15 is 0 Å². The number of fused-ring (bicyclic) bond motifs is 1. The summed E-state index contributed by atoms with van der Waals surface area (Å²) >= 11 is 0. The second kappa shape index (κ2) is 3.95.